The first-order valence-electron chi connectivity index (χ1n) is 9.06. The van der Waals surface area contributed by atoms with Crippen molar-refractivity contribution in [1.29, 1.82) is 0 Å². The third-order valence-electron chi connectivity index (χ3n) is 4.38. The molecule has 2 heterocycles. The third-order valence-corrected chi connectivity index (χ3v) is 4.38. The van der Waals surface area contributed by atoms with Crippen LogP contribution in [0.25, 0.3) is 0 Å². The Labute approximate surface area is 154 Å². The Morgan fingerprint density at radius 2 is 1.96 bits per heavy atom. The zero-order valence-electron chi connectivity index (χ0n) is 15.4. The normalized spacial score (nSPS) is 10.8. The molecule has 3 rings (SSSR count). The molecule has 0 aliphatic carbocycles. The molecule has 1 amide bonds. The van der Waals surface area contributed by atoms with Gasteiger partial charge in [0.15, 0.2) is 0 Å². The summed E-state index contributed by atoms with van der Waals surface area (Å²) in [6.07, 6.45) is 4.32. The number of furan rings is 1. The maximum atomic E-state index is 13.2. The predicted octanol–water partition coefficient (Wildman–Crippen LogP) is 3.85. The second kappa shape index (κ2) is 8.52. The summed E-state index contributed by atoms with van der Waals surface area (Å²) < 4.78 is 7.15. The van der Waals surface area contributed by atoms with E-state index in [1.807, 2.05) is 48.3 Å². The van der Waals surface area contributed by atoms with Crippen molar-refractivity contribution in [2.75, 3.05) is 6.54 Å². The fourth-order valence-electron chi connectivity index (χ4n) is 3.02. The van der Waals surface area contributed by atoms with Crippen LogP contribution in [0.2, 0.25) is 0 Å². The van der Waals surface area contributed by atoms with Crippen molar-refractivity contribution in [3.63, 3.8) is 0 Å². The molecule has 26 heavy (non-hydrogen) atoms. The summed E-state index contributed by atoms with van der Waals surface area (Å²) in [5.74, 6) is 0.761. The lowest BCUT2D eigenvalue weighted by atomic mass is 10.1. The highest BCUT2D eigenvalue weighted by Gasteiger charge is 2.21. The summed E-state index contributed by atoms with van der Waals surface area (Å²) >= 11 is 0. The summed E-state index contributed by atoms with van der Waals surface area (Å²) in [6.45, 7) is 3.18. The van der Waals surface area contributed by atoms with Gasteiger partial charge in [0.05, 0.1) is 18.5 Å². The number of hydrogen-bond donors (Lipinski definition) is 0. The van der Waals surface area contributed by atoms with E-state index in [1.165, 1.54) is 5.56 Å². The smallest absolute Gasteiger partial charge is 0.272 e. The molecule has 0 saturated heterocycles. The van der Waals surface area contributed by atoms with Gasteiger partial charge in [0, 0.05) is 13.6 Å². The molecule has 0 unspecified atom stereocenters. The maximum Gasteiger partial charge on any atom is 0.272 e. The Morgan fingerprint density at radius 3 is 2.65 bits per heavy atom. The first kappa shape index (κ1) is 18.0. The predicted molar refractivity (Wildman–Crippen MR) is 101 cm³/mol. The molecule has 0 atom stereocenters. The van der Waals surface area contributed by atoms with E-state index in [4.69, 9.17) is 4.42 Å². The molecule has 0 aliphatic heterocycles. The summed E-state index contributed by atoms with van der Waals surface area (Å²) in [7, 11) is 1.83. The number of amides is 1. The highest BCUT2D eigenvalue weighted by molar-refractivity contribution is 5.92. The van der Waals surface area contributed by atoms with Crippen LogP contribution in [0.4, 0.5) is 0 Å². The van der Waals surface area contributed by atoms with Crippen molar-refractivity contribution in [1.82, 2.24) is 14.7 Å². The van der Waals surface area contributed by atoms with Crippen LogP contribution in [0.3, 0.4) is 0 Å². The van der Waals surface area contributed by atoms with Crippen LogP contribution < -0.4 is 0 Å². The monoisotopic (exact) mass is 351 g/mol. The molecule has 5 nitrogen and oxygen atoms in total. The van der Waals surface area contributed by atoms with Crippen LogP contribution in [0.15, 0.2) is 59.2 Å². The van der Waals surface area contributed by atoms with Gasteiger partial charge in [-0.1, -0.05) is 43.7 Å². The number of aryl methyl sites for hydroxylation is 2. The van der Waals surface area contributed by atoms with E-state index < -0.39 is 0 Å². The molecular weight excluding hydrogens is 326 g/mol. The van der Waals surface area contributed by atoms with Gasteiger partial charge in [-0.2, -0.15) is 5.10 Å². The number of rotatable bonds is 8. The number of nitrogens with zero attached hydrogens (tertiary/aromatic N) is 3. The van der Waals surface area contributed by atoms with E-state index in [0.717, 1.165) is 30.7 Å². The maximum absolute atomic E-state index is 13.2. The van der Waals surface area contributed by atoms with Crippen molar-refractivity contribution < 1.29 is 9.21 Å². The minimum atomic E-state index is -0.0188. The van der Waals surface area contributed by atoms with E-state index in [0.29, 0.717) is 18.8 Å². The third kappa shape index (κ3) is 4.42. The molecular formula is C21H25N3O2. The molecule has 5 heteroatoms. The van der Waals surface area contributed by atoms with E-state index >= 15 is 0 Å². The van der Waals surface area contributed by atoms with Crippen LogP contribution in [0, 0.1) is 0 Å². The summed E-state index contributed by atoms with van der Waals surface area (Å²) in [5.41, 5.74) is 2.79. The minimum absolute atomic E-state index is 0.0188. The highest BCUT2D eigenvalue weighted by atomic mass is 16.3. The Morgan fingerprint density at radius 1 is 1.15 bits per heavy atom. The van der Waals surface area contributed by atoms with Gasteiger partial charge < -0.3 is 9.32 Å². The molecule has 0 N–H and O–H groups in total. The van der Waals surface area contributed by atoms with Crippen molar-refractivity contribution in [3.8, 4) is 0 Å². The molecule has 0 saturated carbocycles. The standard InChI is InChI=1S/C21H25N3O2/c1-3-8-18-15-20(23(2)22-18)21(25)24(16-19-11-7-14-26-19)13-12-17-9-5-4-6-10-17/h4-7,9-11,14-15H,3,8,12-13,16H2,1-2H3. The van der Waals surface area contributed by atoms with Gasteiger partial charge in [-0.3, -0.25) is 9.48 Å². The van der Waals surface area contributed by atoms with Gasteiger partial charge in [0.2, 0.25) is 0 Å². The average Bonchev–Trinajstić information content (AvgIpc) is 3.29. The summed E-state index contributed by atoms with van der Waals surface area (Å²) in [4.78, 5) is 15.0. The van der Waals surface area contributed by atoms with Crippen molar-refractivity contribution in [3.05, 3.63) is 77.5 Å². The van der Waals surface area contributed by atoms with Crippen molar-refractivity contribution >= 4 is 5.91 Å². The van der Waals surface area contributed by atoms with Gasteiger partial charge in [-0.15, -0.1) is 0 Å². The van der Waals surface area contributed by atoms with E-state index in [1.54, 1.807) is 10.9 Å². The topological polar surface area (TPSA) is 51.3 Å². The summed E-state index contributed by atoms with van der Waals surface area (Å²) in [5, 5.41) is 4.46. The number of carbonyl (C=O) groups excluding carboxylic acids is 1. The van der Waals surface area contributed by atoms with Crippen LogP contribution in [0.5, 0.6) is 0 Å². The molecule has 1 aromatic carbocycles. The molecule has 0 bridgehead atoms. The SMILES string of the molecule is CCCc1cc(C(=O)N(CCc2ccccc2)Cc2ccco2)n(C)n1. The van der Waals surface area contributed by atoms with E-state index in [2.05, 4.69) is 24.2 Å². The Hall–Kier alpha value is -2.82. The second-order valence-electron chi connectivity index (χ2n) is 6.44. The van der Waals surface area contributed by atoms with Gasteiger partial charge in [-0.05, 0) is 36.6 Å². The first-order chi connectivity index (χ1) is 12.7. The van der Waals surface area contributed by atoms with Crippen LogP contribution in [0.1, 0.15) is 40.9 Å². The van der Waals surface area contributed by atoms with Gasteiger partial charge in [-0.25, -0.2) is 0 Å². The van der Waals surface area contributed by atoms with Crippen molar-refractivity contribution in [2.24, 2.45) is 7.05 Å². The number of benzene rings is 1. The fraction of sp³-hybridized carbons (Fsp3) is 0.333. The summed E-state index contributed by atoms with van der Waals surface area (Å²) in [6, 6.07) is 15.9. The second-order valence-corrected chi connectivity index (χ2v) is 6.44. The molecule has 3 aromatic rings. The lowest BCUT2D eigenvalue weighted by Crippen LogP contribution is -2.33. The van der Waals surface area contributed by atoms with Crippen LogP contribution in [-0.4, -0.2) is 27.1 Å². The first-order valence-corrected chi connectivity index (χ1v) is 9.06. The number of carbonyl (C=O) groups is 1. The van der Waals surface area contributed by atoms with Crippen LogP contribution >= 0.6 is 0 Å². The van der Waals surface area contributed by atoms with E-state index in [9.17, 15) is 4.79 Å². The van der Waals surface area contributed by atoms with E-state index in [-0.39, 0.29) is 5.91 Å². The molecule has 2 aromatic heterocycles. The molecule has 136 valence electrons. The quantitative estimate of drug-likeness (QED) is 0.619. The zero-order chi connectivity index (χ0) is 18.4. The van der Waals surface area contributed by atoms with Gasteiger partial charge in [0.25, 0.3) is 5.91 Å². The Bertz CT molecular complexity index is 822. The molecule has 0 aliphatic rings. The molecule has 0 radical (unpaired) electrons. The number of aromatic nitrogens is 2. The average molecular weight is 351 g/mol. The lowest BCUT2D eigenvalue weighted by molar-refractivity contribution is 0.0722. The Kier molecular flexibility index (Phi) is 5.89. The minimum Gasteiger partial charge on any atom is -0.467 e. The van der Waals surface area contributed by atoms with Gasteiger partial charge >= 0.3 is 0 Å². The fourth-order valence-corrected chi connectivity index (χ4v) is 3.02. The lowest BCUT2D eigenvalue weighted by Gasteiger charge is -2.21. The van der Waals surface area contributed by atoms with Gasteiger partial charge in [0.1, 0.15) is 11.5 Å². The molecule has 0 fully saturated rings. The number of hydrogen-bond acceptors (Lipinski definition) is 3. The zero-order valence-corrected chi connectivity index (χ0v) is 15.4. The van der Waals surface area contributed by atoms with Crippen LogP contribution in [-0.2, 0) is 26.4 Å². The Balaban J connectivity index is 1.78. The largest absolute Gasteiger partial charge is 0.467 e. The molecule has 0 spiro atoms. The highest BCUT2D eigenvalue weighted by Crippen LogP contribution is 2.14. The van der Waals surface area contributed by atoms with Crippen molar-refractivity contribution in [2.45, 2.75) is 32.7 Å².